The van der Waals surface area contributed by atoms with Gasteiger partial charge in [0.15, 0.2) is 5.15 Å². The second kappa shape index (κ2) is 4.82. The molecule has 0 bridgehead atoms. The molecule has 2 N–H and O–H groups in total. The predicted octanol–water partition coefficient (Wildman–Crippen LogP) is 3.43. The molecule has 0 saturated heterocycles. The average molecular weight is 264 g/mol. The maximum absolute atomic E-state index is 5.83. The van der Waals surface area contributed by atoms with E-state index < -0.39 is 0 Å². The van der Waals surface area contributed by atoms with Gasteiger partial charge < -0.3 is 10.5 Å². The molecule has 18 heavy (non-hydrogen) atoms. The van der Waals surface area contributed by atoms with Crippen LogP contribution in [0.1, 0.15) is 16.7 Å². The van der Waals surface area contributed by atoms with Crippen LogP contribution < -0.4 is 10.5 Å². The zero-order valence-electron chi connectivity index (χ0n) is 10.5. The fourth-order valence-corrected chi connectivity index (χ4v) is 1.78. The average Bonchev–Trinajstić information content (AvgIpc) is 2.31. The van der Waals surface area contributed by atoms with E-state index in [0.29, 0.717) is 0 Å². The van der Waals surface area contributed by atoms with Crippen LogP contribution in [0.15, 0.2) is 18.5 Å². The van der Waals surface area contributed by atoms with Gasteiger partial charge in [0.1, 0.15) is 17.8 Å². The Morgan fingerprint density at radius 3 is 2.61 bits per heavy atom. The van der Waals surface area contributed by atoms with E-state index in [-0.39, 0.29) is 16.7 Å². The van der Waals surface area contributed by atoms with Gasteiger partial charge in [0, 0.05) is 0 Å². The molecule has 1 aromatic heterocycles. The summed E-state index contributed by atoms with van der Waals surface area (Å²) in [4.78, 5) is 7.78. The quantitative estimate of drug-likeness (QED) is 0.844. The third-order valence-corrected chi connectivity index (χ3v) is 3.07. The summed E-state index contributed by atoms with van der Waals surface area (Å²) >= 11 is 5.83. The Bertz CT molecular complexity index is 599. The minimum absolute atomic E-state index is 0.196. The molecule has 0 radical (unpaired) electrons. The van der Waals surface area contributed by atoms with Crippen molar-refractivity contribution in [3.8, 4) is 11.6 Å². The standard InChI is InChI=1S/C13H14ClN3O/c1-7-4-8(2)9(3)10(5-7)18-13-11(15)12(14)16-6-17-13/h4-6H,15H2,1-3H3. The Morgan fingerprint density at radius 2 is 1.89 bits per heavy atom. The summed E-state index contributed by atoms with van der Waals surface area (Å²) in [5.41, 5.74) is 9.35. The third kappa shape index (κ3) is 2.38. The van der Waals surface area contributed by atoms with Crippen LogP contribution in [0.3, 0.4) is 0 Å². The number of hydrogen-bond acceptors (Lipinski definition) is 4. The van der Waals surface area contributed by atoms with Gasteiger partial charge in [0.2, 0.25) is 5.88 Å². The van der Waals surface area contributed by atoms with Crippen LogP contribution in [-0.2, 0) is 0 Å². The van der Waals surface area contributed by atoms with E-state index in [1.165, 1.54) is 6.33 Å². The number of nitrogens with two attached hydrogens (primary N) is 1. The number of ether oxygens (including phenoxy) is 1. The Labute approximate surface area is 111 Å². The van der Waals surface area contributed by atoms with Crippen LogP contribution in [0, 0.1) is 20.8 Å². The van der Waals surface area contributed by atoms with Gasteiger partial charge in [-0.05, 0) is 43.5 Å². The topological polar surface area (TPSA) is 61.0 Å². The van der Waals surface area contributed by atoms with E-state index in [2.05, 4.69) is 16.0 Å². The molecule has 1 heterocycles. The van der Waals surface area contributed by atoms with E-state index >= 15 is 0 Å². The summed E-state index contributed by atoms with van der Waals surface area (Å²) < 4.78 is 5.72. The summed E-state index contributed by atoms with van der Waals surface area (Å²) in [5.74, 6) is 1.01. The largest absolute Gasteiger partial charge is 0.437 e. The molecule has 5 heteroatoms. The van der Waals surface area contributed by atoms with E-state index in [1.54, 1.807) is 0 Å². The Balaban J connectivity index is 2.43. The number of aromatic nitrogens is 2. The molecule has 0 aliphatic rings. The van der Waals surface area contributed by atoms with Gasteiger partial charge in [0.05, 0.1) is 0 Å². The summed E-state index contributed by atoms with van der Waals surface area (Å²) in [7, 11) is 0. The van der Waals surface area contributed by atoms with Gasteiger partial charge in [0.25, 0.3) is 0 Å². The number of nitrogen functional groups attached to an aromatic ring is 1. The molecule has 0 saturated carbocycles. The van der Waals surface area contributed by atoms with Crippen LogP contribution in [0.25, 0.3) is 0 Å². The predicted molar refractivity (Wildman–Crippen MR) is 72.2 cm³/mol. The lowest BCUT2D eigenvalue weighted by Gasteiger charge is -2.12. The van der Waals surface area contributed by atoms with Crippen molar-refractivity contribution in [2.75, 3.05) is 5.73 Å². The maximum atomic E-state index is 5.83. The highest BCUT2D eigenvalue weighted by atomic mass is 35.5. The molecule has 0 aliphatic heterocycles. The summed E-state index contributed by atoms with van der Waals surface area (Å²) in [6.07, 6.45) is 1.33. The second-order valence-electron chi connectivity index (χ2n) is 4.19. The fourth-order valence-electron chi connectivity index (χ4n) is 1.65. The van der Waals surface area contributed by atoms with Crippen molar-refractivity contribution in [1.82, 2.24) is 9.97 Å². The van der Waals surface area contributed by atoms with Crippen molar-refractivity contribution >= 4 is 17.3 Å². The smallest absolute Gasteiger partial charge is 0.247 e. The summed E-state index contributed by atoms with van der Waals surface area (Å²) in [6.45, 7) is 6.03. The van der Waals surface area contributed by atoms with Gasteiger partial charge in [-0.1, -0.05) is 17.7 Å². The van der Waals surface area contributed by atoms with Crippen molar-refractivity contribution in [2.45, 2.75) is 20.8 Å². The molecule has 0 spiro atoms. The van der Waals surface area contributed by atoms with Crippen LogP contribution >= 0.6 is 11.6 Å². The number of rotatable bonds is 2. The van der Waals surface area contributed by atoms with Gasteiger partial charge in [-0.3, -0.25) is 0 Å². The monoisotopic (exact) mass is 263 g/mol. The molecule has 0 amide bonds. The summed E-state index contributed by atoms with van der Waals surface area (Å²) in [6, 6.07) is 4.04. The molecular formula is C13H14ClN3O. The van der Waals surface area contributed by atoms with Crippen LogP contribution in [0.2, 0.25) is 5.15 Å². The van der Waals surface area contributed by atoms with Gasteiger partial charge in [-0.2, -0.15) is 4.98 Å². The molecule has 1 aromatic carbocycles. The highest BCUT2D eigenvalue weighted by Crippen LogP contribution is 2.32. The van der Waals surface area contributed by atoms with Crippen molar-refractivity contribution < 1.29 is 4.74 Å². The van der Waals surface area contributed by atoms with Crippen molar-refractivity contribution in [3.63, 3.8) is 0 Å². The van der Waals surface area contributed by atoms with E-state index in [0.717, 1.165) is 22.4 Å². The molecule has 2 rings (SSSR count). The van der Waals surface area contributed by atoms with Crippen molar-refractivity contribution in [2.24, 2.45) is 0 Å². The number of aryl methyl sites for hydroxylation is 2. The Hall–Kier alpha value is -1.81. The molecule has 4 nitrogen and oxygen atoms in total. The third-order valence-electron chi connectivity index (χ3n) is 2.77. The zero-order valence-corrected chi connectivity index (χ0v) is 11.2. The molecule has 2 aromatic rings. The molecule has 94 valence electrons. The first-order valence-electron chi connectivity index (χ1n) is 5.50. The number of nitrogens with zero attached hydrogens (tertiary/aromatic N) is 2. The minimum Gasteiger partial charge on any atom is -0.437 e. The first kappa shape index (κ1) is 12.6. The molecule has 0 fully saturated rings. The fraction of sp³-hybridized carbons (Fsp3) is 0.231. The van der Waals surface area contributed by atoms with Crippen molar-refractivity contribution in [3.05, 3.63) is 40.3 Å². The second-order valence-corrected chi connectivity index (χ2v) is 4.55. The minimum atomic E-state index is 0.196. The SMILES string of the molecule is Cc1cc(C)c(C)c(Oc2ncnc(Cl)c2N)c1. The molecule has 0 atom stereocenters. The number of anilines is 1. The lowest BCUT2D eigenvalue weighted by atomic mass is 10.1. The Morgan fingerprint density at radius 1 is 1.17 bits per heavy atom. The molecule has 0 unspecified atom stereocenters. The van der Waals surface area contributed by atoms with E-state index in [9.17, 15) is 0 Å². The van der Waals surface area contributed by atoms with E-state index in [4.69, 9.17) is 22.1 Å². The highest BCUT2D eigenvalue weighted by molar-refractivity contribution is 6.32. The maximum Gasteiger partial charge on any atom is 0.247 e. The molecule has 0 aliphatic carbocycles. The normalized spacial score (nSPS) is 10.4. The number of halogens is 1. The van der Waals surface area contributed by atoms with Gasteiger partial charge in [-0.15, -0.1) is 0 Å². The van der Waals surface area contributed by atoms with Crippen molar-refractivity contribution in [1.29, 1.82) is 0 Å². The first-order chi connectivity index (χ1) is 8.49. The van der Waals surface area contributed by atoms with Gasteiger partial charge >= 0.3 is 0 Å². The number of hydrogen-bond donors (Lipinski definition) is 1. The molecular weight excluding hydrogens is 250 g/mol. The number of benzene rings is 1. The first-order valence-corrected chi connectivity index (χ1v) is 5.88. The van der Waals surface area contributed by atoms with E-state index in [1.807, 2.05) is 26.8 Å². The Kier molecular flexibility index (Phi) is 3.39. The van der Waals surface area contributed by atoms with Crippen LogP contribution in [-0.4, -0.2) is 9.97 Å². The highest BCUT2D eigenvalue weighted by Gasteiger charge is 2.11. The van der Waals surface area contributed by atoms with Crippen LogP contribution in [0.5, 0.6) is 11.6 Å². The van der Waals surface area contributed by atoms with Gasteiger partial charge in [-0.25, -0.2) is 4.98 Å². The lowest BCUT2D eigenvalue weighted by Crippen LogP contribution is -1.99. The van der Waals surface area contributed by atoms with Crippen LogP contribution in [0.4, 0.5) is 5.69 Å². The lowest BCUT2D eigenvalue weighted by molar-refractivity contribution is 0.460. The zero-order chi connectivity index (χ0) is 13.3. The summed E-state index contributed by atoms with van der Waals surface area (Å²) in [5, 5.41) is 0.196.